The second-order valence-corrected chi connectivity index (χ2v) is 7.33. The second kappa shape index (κ2) is 8.55. The number of fused-ring (bicyclic) bond motifs is 1. The number of amides is 1. The zero-order chi connectivity index (χ0) is 22.9. The first-order valence-corrected chi connectivity index (χ1v) is 9.74. The number of nitrogens with zero attached hydrogens (tertiary/aromatic N) is 2. The molecule has 0 saturated carbocycles. The third kappa shape index (κ3) is 4.40. The minimum atomic E-state index is -4.52. The number of nitrogens with one attached hydrogen (secondary N) is 1. The summed E-state index contributed by atoms with van der Waals surface area (Å²) in [5.74, 6) is -1.28. The van der Waals surface area contributed by atoms with Crippen molar-refractivity contribution in [2.45, 2.75) is 12.2 Å². The molecule has 0 aliphatic rings. The molecule has 0 radical (unpaired) electrons. The van der Waals surface area contributed by atoms with Crippen molar-refractivity contribution >= 4 is 28.4 Å². The first-order valence-electron chi connectivity index (χ1n) is 9.37. The first kappa shape index (κ1) is 21.7. The highest BCUT2D eigenvalue weighted by molar-refractivity contribution is 6.35. The zero-order valence-electron chi connectivity index (χ0n) is 16.2. The molecular weight excluding hydrogens is 446 g/mol. The van der Waals surface area contributed by atoms with Gasteiger partial charge in [0.2, 0.25) is 0 Å². The molecule has 0 saturated heterocycles. The maximum Gasteiger partial charge on any atom is 0.416 e. The summed E-state index contributed by atoms with van der Waals surface area (Å²) in [6.45, 7) is 0. The van der Waals surface area contributed by atoms with Gasteiger partial charge in [-0.15, -0.1) is 0 Å². The Morgan fingerprint density at radius 3 is 2.41 bits per heavy atom. The van der Waals surface area contributed by atoms with Gasteiger partial charge < -0.3 is 5.32 Å². The van der Waals surface area contributed by atoms with Crippen molar-refractivity contribution < 1.29 is 22.4 Å². The van der Waals surface area contributed by atoms with Crippen molar-refractivity contribution in [2.75, 3.05) is 0 Å². The molecule has 2 heterocycles. The van der Waals surface area contributed by atoms with Crippen LogP contribution in [0.15, 0.2) is 73.1 Å². The lowest BCUT2D eigenvalue weighted by Crippen LogP contribution is -2.30. The van der Waals surface area contributed by atoms with Crippen LogP contribution in [-0.4, -0.2) is 15.9 Å². The number of pyridine rings is 2. The number of alkyl halides is 3. The van der Waals surface area contributed by atoms with Gasteiger partial charge in [0.1, 0.15) is 11.5 Å². The average molecular weight is 460 g/mol. The zero-order valence-corrected chi connectivity index (χ0v) is 17.0. The topological polar surface area (TPSA) is 54.9 Å². The van der Waals surface area contributed by atoms with E-state index in [2.05, 4.69) is 15.3 Å². The van der Waals surface area contributed by atoms with Crippen molar-refractivity contribution in [1.82, 2.24) is 15.3 Å². The Bertz CT molecular complexity index is 1290. The van der Waals surface area contributed by atoms with Crippen LogP contribution in [0.5, 0.6) is 0 Å². The van der Waals surface area contributed by atoms with Gasteiger partial charge in [-0.3, -0.25) is 14.8 Å². The van der Waals surface area contributed by atoms with Gasteiger partial charge in [-0.2, -0.15) is 13.2 Å². The SMILES string of the molecule is O=C(N[C@@H](c1ccc(C(F)(F)F)cc1)c1ncccc1F)c1ccc2c(Cl)ccnc2c1. The molecule has 2 aromatic carbocycles. The average Bonchev–Trinajstić information content (AvgIpc) is 2.77. The minimum Gasteiger partial charge on any atom is -0.339 e. The Balaban J connectivity index is 1.71. The summed E-state index contributed by atoms with van der Waals surface area (Å²) in [5.41, 5.74) is -0.0282. The fourth-order valence-corrected chi connectivity index (χ4v) is 3.47. The van der Waals surface area contributed by atoms with E-state index in [4.69, 9.17) is 11.6 Å². The maximum absolute atomic E-state index is 14.5. The van der Waals surface area contributed by atoms with Crippen LogP contribution in [0, 0.1) is 5.82 Å². The lowest BCUT2D eigenvalue weighted by Gasteiger charge is -2.20. The van der Waals surface area contributed by atoms with Gasteiger partial charge in [0.15, 0.2) is 0 Å². The largest absolute Gasteiger partial charge is 0.416 e. The summed E-state index contributed by atoms with van der Waals surface area (Å²) >= 11 is 6.13. The van der Waals surface area contributed by atoms with Crippen LogP contribution in [0.2, 0.25) is 5.02 Å². The quantitative estimate of drug-likeness (QED) is 0.383. The van der Waals surface area contributed by atoms with Crippen LogP contribution in [-0.2, 0) is 6.18 Å². The molecule has 0 spiro atoms. The third-order valence-electron chi connectivity index (χ3n) is 4.86. The number of halogens is 5. The lowest BCUT2D eigenvalue weighted by atomic mass is 10.00. The second-order valence-electron chi connectivity index (χ2n) is 6.92. The lowest BCUT2D eigenvalue weighted by molar-refractivity contribution is -0.137. The molecule has 0 bridgehead atoms. The highest BCUT2D eigenvalue weighted by Gasteiger charge is 2.31. The van der Waals surface area contributed by atoms with Gasteiger partial charge in [-0.05, 0) is 48.0 Å². The molecule has 162 valence electrons. The standard InChI is InChI=1S/C23H14ClF4N3O/c24-17-9-11-29-19-12-14(5-8-16(17)19)22(32)31-20(21-18(25)2-1-10-30-21)13-3-6-15(7-4-13)23(26,27)28/h1-12,20H,(H,31,32)/t20-/m0/s1. The smallest absolute Gasteiger partial charge is 0.339 e. The number of hydrogen-bond donors (Lipinski definition) is 1. The van der Waals surface area contributed by atoms with E-state index in [-0.39, 0.29) is 16.8 Å². The van der Waals surface area contributed by atoms with Crippen molar-refractivity contribution in [3.63, 3.8) is 0 Å². The van der Waals surface area contributed by atoms with Crippen molar-refractivity contribution in [2.24, 2.45) is 0 Å². The summed E-state index contributed by atoms with van der Waals surface area (Å²) in [6, 6.07) is 11.8. The number of carbonyl (C=O) groups excluding carboxylic acids is 1. The molecule has 0 aliphatic carbocycles. The number of carbonyl (C=O) groups is 1. The summed E-state index contributed by atoms with van der Waals surface area (Å²) in [5, 5.41) is 3.79. The molecule has 9 heteroatoms. The summed E-state index contributed by atoms with van der Waals surface area (Å²) in [7, 11) is 0. The minimum absolute atomic E-state index is 0.123. The van der Waals surface area contributed by atoms with Crippen LogP contribution in [0.4, 0.5) is 17.6 Å². The molecule has 1 amide bonds. The number of rotatable bonds is 4. The van der Waals surface area contributed by atoms with Crippen LogP contribution in [0.3, 0.4) is 0 Å². The van der Waals surface area contributed by atoms with E-state index in [0.29, 0.717) is 15.9 Å². The van der Waals surface area contributed by atoms with E-state index in [9.17, 15) is 22.4 Å². The fraction of sp³-hybridized carbons (Fsp3) is 0.0870. The van der Waals surface area contributed by atoms with E-state index in [1.54, 1.807) is 12.1 Å². The van der Waals surface area contributed by atoms with E-state index < -0.39 is 29.5 Å². The van der Waals surface area contributed by atoms with E-state index in [1.165, 1.54) is 42.7 Å². The van der Waals surface area contributed by atoms with Crippen LogP contribution < -0.4 is 5.32 Å². The van der Waals surface area contributed by atoms with Gasteiger partial charge in [0, 0.05) is 23.3 Å². The third-order valence-corrected chi connectivity index (χ3v) is 5.19. The van der Waals surface area contributed by atoms with Crippen molar-refractivity contribution in [3.8, 4) is 0 Å². The van der Waals surface area contributed by atoms with Gasteiger partial charge >= 0.3 is 6.18 Å². The number of hydrogen-bond acceptors (Lipinski definition) is 3. The molecule has 1 atom stereocenters. The molecule has 0 unspecified atom stereocenters. The van der Waals surface area contributed by atoms with Gasteiger partial charge in [0.25, 0.3) is 5.91 Å². The molecule has 4 nitrogen and oxygen atoms in total. The van der Waals surface area contributed by atoms with Gasteiger partial charge in [0.05, 0.1) is 22.1 Å². The van der Waals surface area contributed by atoms with Gasteiger partial charge in [-0.25, -0.2) is 4.39 Å². The Morgan fingerprint density at radius 1 is 0.969 bits per heavy atom. The summed E-state index contributed by atoms with van der Waals surface area (Å²) in [4.78, 5) is 21.1. The molecular formula is C23H14ClF4N3O. The number of benzene rings is 2. The van der Waals surface area contributed by atoms with Crippen LogP contribution >= 0.6 is 11.6 Å². The molecule has 32 heavy (non-hydrogen) atoms. The monoisotopic (exact) mass is 459 g/mol. The predicted molar refractivity (Wildman–Crippen MR) is 112 cm³/mol. The molecule has 0 fully saturated rings. The highest BCUT2D eigenvalue weighted by atomic mass is 35.5. The van der Waals surface area contributed by atoms with E-state index in [0.717, 1.165) is 18.2 Å². The molecule has 0 aliphatic heterocycles. The molecule has 2 aromatic heterocycles. The van der Waals surface area contributed by atoms with Crippen molar-refractivity contribution in [3.05, 3.63) is 106 Å². The van der Waals surface area contributed by atoms with E-state index in [1.807, 2.05) is 0 Å². The highest BCUT2D eigenvalue weighted by Crippen LogP contribution is 2.31. The molecule has 4 rings (SSSR count). The summed E-state index contributed by atoms with van der Waals surface area (Å²) in [6.07, 6.45) is -1.68. The molecule has 1 N–H and O–H groups in total. The number of aromatic nitrogens is 2. The van der Waals surface area contributed by atoms with Crippen LogP contribution in [0.25, 0.3) is 10.9 Å². The Morgan fingerprint density at radius 2 is 1.72 bits per heavy atom. The normalized spacial score (nSPS) is 12.5. The molecule has 4 aromatic rings. The predicted octanol–water partition coefficient (Wildman–Crippen LogP) is 5.96. The van der Waals surface area contributed by atoms with Crippen molar-refractivity contribution in [1.29, 1.82) is 0 Å². The van der Waals surface area contributed by atoms with Crippen LogP contribution in [0.1, 0.15) is 33.2 Å². The Kier molecular flexibility index (Phi) is 5.80. The fourth-order valence-electron chi connectivity index (χ4n) is 3.25. The van der Waals surface area contributed by atoms with E-state index >= 15 is 0 Å². The Hall–Kier alpha value is -3.52. The van der Waals surface area contributed by atoms with Gasteiger partial charge in [-0.1, -0.05) is 29.8 Å². The summed E-state index contributed by atoms with van der Waals surface area (Å²) < 4.78 is 53.3. The first-order chi connectivity index (χ1) is 15.2. The maximum atomic E-state index is 14.5. The Labute approximate surface area is 184 Å².